The number of carbonyl (C=O) groups is 1. The van der Waals surface area contributed by atoms with Crippen LogP contribution in [0.15, 0.2) is 157 Å². The lowest BCUT2D eigenvalue weighted by atomic mass is 10.3. The van der Waals surface area contributed by atoms with Crippen molar-refractivity contribution in [2.75, 3.05) is 0 Å². The summed E-state index contributed by atoms with van der Waals surface area (Å²) in [7, 11) is -6.13. The molecule has 0 heterocycles. The Labute approximate surface area is 223 Å². The molecule has 38 heavy (non-hydrogen) atoms. The third kappa shape index (κ3) is 6.00. The number of hydrogen-bond donors (Lipinski definition) is 0. The normalized spacial score (nSPS) is 11.1. The molecule has 190 valence electrons. The van der Waals surface area contributed by atoms with Gasteiger partial charge in [0.1, 0.15) is 28.5 Å². The van der Waals surface area contributed by atoms with Crippen molar-refractivity contribution < 1.29 is 22.5 Å². The van der Waals surface area contributed by atoms with E-state index in [2.05, 4.69) is 126 Å². The minimum atomic E-state index is -4.22. The molecule has 0 bridgehead atoms. The maximum Gasteiger partial charge on any atom is 0.283 e. The fraction of sp³-hybridized carbons (Fsp3) is 0. The van der Waals surface area contributed by atoms with Crippen molar-refractivity contribution in [1.29, 1.82) is 0 Å². The lowest BCUT2D eigenvalue weighted by molar-refractivity contribution is -0.270. The molecule has 5 aromatic rings. The van der Waals surface area contributed by atoms with Gasteiger partial charge in [-0.15, -0.1) is 0 Å². The smallest absolute Gasteiger partial charge is 0.283 e. The second-order valence-electron chi connectivity index (χ2n) is 8.11. The molecule has 5 rings (SSSR count). The van der Waals surface area contributed by atoms with E-state index in [-0.39, 0.29) is 4.90 Å². The molecule has 0 fully saturated rings. The fourth-order valence-electron chi connectivity index (χ4n) is 4.23. The van der Waals surface area contributed by atoms with E-state index in [1.54, 1.807) is 6.07 Å². The second kappa shape index (κ2) is 12.3. The first kappa shape index (κ1) is 26.8. The van der Waals surface area contributed by atoms with Gasteiger partial charge in [-0.2, -0.15) is 0 Å². The molecule has 0 aliphatic carbocycles. The van der Waals surface area contributed by atoms with Gasteiger partial charge in [0.25, 0.3) is 16.3 Å². The number of benzene rings is 5. The van der Waals surface area contributed by atoms with Gasteiger partial charge in [0, 0.05) is 0 Å². The monoisotopic (exact) mass is 540 g/mol. The molecule has 0 unspecified atom stereocenters. The van der Waals surface area contributed by atoms with E-state index in [1.165, 1.54) is 45.5 Å². The summed E-state index contributed by atoms with van der Waals surface area (Å²) in [4.78, 5) is 9.65. The maximum absolute atomic E-state index is 11.0. The minimum absolute atomic E-state index is 0.223. The molecular formula is C31H25O5PS. The summed E-state index contributed by atoms with van der Waals surface area (Å²) < 4.78 is 25.6. The van der Waals surface area contributed by atoms with Crippen LogP contribution in [0.3, 0.4) is 0 Å². The number of hydrogen-bond acceptors (Lipinski definition) is 5. The minimum Gasteiger partial charge on any atom is -0.434 e. The average Bonchev–Trinajstić information content (AvgIpc) is 2.96. The highest BCUT2D eigenvalue weighted by Crippen LogP contribution is 2.53. The first-order valence-corrected chi connectivity index (χ1v) is 15.0. The van der Waals surface area contributed by atoms with E-state index in [0.717, 1.165) is 0 Å². The molecule has 5 nitrogen and oxygen atoms in total. The Morgan fingerprint density at radius 1 is 0.500 bits per heavy atom. The largest absolute Gasteiger partial charge is 0.434 e. The molecule has 0 aromatic heterocycles. The first-order chi connectivity index (χ1) is 18.4. The molecule has 0 radical (unpaired) electrons. The summed E-state index contributed by atoms with van der Waals surface area (Å²) in [6.45, 7) is 0. The highest BCUT2D eigenvalue weighted by Gasteiger charge is 2.47. The molecule has 0 saturated heterocycles. The zero-order valence-corrected chi connectivity index (χ0v) is 22.0. The Balaban J connectivity index is 0.000000219. The van der Waals surface area contributed by atoms with E-state index >= 15 is 0 Å². The maximum atomic E-state index is 11.0. The molecule has 0 spiro atoms. The molecule has 0 amide bonds. The third-order valence-electron chi connectivity index (χ3n) is 5.78. The van der Waals surface area contributed by atoms with Gasteiger partial charge < -0.3 is 14.1 Å². The van der Waals surface area contributed by atoms with Crippen LogP contribution < -0.4 is 26.3 Å². The summed E-state index contributed by atoms with van der Waals surface area (Å²) in [6.07, 6.45) is -2.09. The van der Waals surface area contributed by atoms with Gasteiger partial charge in [0.15, 0.2) is 0 Å². The zero-order chi connectivity index (χ0) is 26.8. The van der Waals surface area contributed by atoms with Crippen molar-refractivity contribution >= 4 is 44.8 Å². The molecule has 0 atom stereocenters. The Hall–Kier alpha value is -4.25. The summed E-state index contributed by atoms with van der Waals surface area (Å²) in [5.41, 5.74) is 0. The van der Waals surface area contributed by atoms with Gasteiger partial charge in [-0.05, 0) is 60.7 Å². The molecule has 0 N–H and O–H groups in total. The van der Waals surface area contributed by atoms with E-state index in [1.807, 2.05) is 0 Å². The van der Waals surface area contributed by atoms with Crippen molar-refractivity contribution in [2.24, 2.45) is 0 Å². The highest BCUT2D eigenvalue weighted by molar-refractivity contribution is 8.01. The van der Waals surface area contributed by atoms with Crippen LogP contribution in [-0.4, -0.2) is 14.6 Å². The van der Waals surface area contributed by atoms with Crippen LogP contribution in [0.5, 0.6) is 0 Å². The Kier molecular flexibility index (Phi) is 8.70. The van der Waals surface area contributed by atoms with Crippen LogP contribution >= 0.6 is 7.26 Å². The highest BCUT2D eigenvalue weighted by atomic mass is 32.2. The molecule has 0 aliphatic heterocycles. The van der Waals surface area contributed by atoms with Crippen LogP contribution in [0, 0.1) is 0 Å². The quantitative estimate of drug-likeness (QED) is 0.240. The lowest BCUT2D eigenvalue weighted by Crippen LogP contribution is -2.38. The molecule has 5 aromatic carbocycles. The summed E-state index contributed by atoms with van der Waals surface area (Å²) >= 11 is 0. The molecular weight excluding hydrogens is 515 g/mol. The fourth-order valence-corrected chi connectivity index (χ4v) is 9.26. The van der Waals surface area contributed by atoms with Gasteiger partial charge in [0.2, 0.25) is 0 Å². The van der Waals surface area contributed by atoms with Gasteiger partial charge in [-0.1, -0.05) is 91.0 Å². The standard InChI is InChI=1S/C24H20P.C7H6O5S/c1-5-13-21(14-6-1)25(22-15-7-2-8-16-22,23-17-9-3-10-18-23)24-19-11-4-12-20-24;8-7(9)12-13(10,11)6-4-2-1-3-5-6/h1-20H;1-5H,(H,8,9)/q+1;/p-1. The second-order valence-corrected chi connectivity index (χ2v) is 13.1. The summed E-state index contributed by atoms with van der Waals surface area (Å²) in [6, 6.07) is 50.8. The third-order valence-corrected chi connectivity index (χ3v) is 11.3. The Morgan fingerprint density at radius 2 is 0.763 bits per heavy atom. The lowest BCUT2D eigenvalue weighted by Gasteiger charge is -2.27. The average molecular weight is 541 g/mol. The van der Waals surface area contributed by atoms with Gasteiger partial charge >= 0.3 is 0 Å². The topological polar surface area (TPSA) is 83.5 Å². The Morgan fingerprint density at radius 3 is 1.03 bits per heavy atom. The number of rotatable bonds is 6. The van der Waals surface area contributed by atoms with E-state index < -0.39 is 23.5 Å². The summed E-state index contributed by atoms with van der Waals surface area (Å²) in [5, 5.41) is 15.4. The zero-order valence-electron chi connectivity index (χ0n) is 20.3. The van der Waals surface area contributed by atoms with Gasteiger partial charge in [0.05, 0.1) is 4.90 Å². The van der Waals surface area contributed by atoms with Gasteiger partial charge in [-0.3, -0.25) is 0 Å². The predicted molar refractivity (Wildman–Crippen MR) is 151 cm³/mol. The van der Waals surface area contributed by atoms with Crippen LogP contribution in [0.2, 0.25) is 0 Å². The van der Waals surface area contributed by atoms with Crippen LogP contribution in [0.1, 0.15) is 0 Å². The molecule has 7 heteroatoms. The van der Waals surface area contributed by atoms with E-state index in [0.29, 0.717) is 0 Å². The number of carbonyl (C=O) groups excluding carboxylic acids is 1. The van der Waals surface area contributed by atoms with Gasteiger partial charge in [-0.25, -0.2) is 8.42 Å². The predicted octanol–water partition coefficient (Wildman–Crippen LogP) is 4.04. The Bertz CT molecular complexity index is 1380. The van der Waals surface area contributed by atoms with Crippen LogP contribution in [0.25, 0.3) is 0 Å². The van der Waals surface area contributed by atoms with Crippen LogP contribution in [0.4, 0.5) is 4.79 Å². The van der Waals surface area contributed by atoms with Crippen molar-refractivity contribution in [1.82, 2.24) is 0 Å². The van der Waals surface area contributed by atoms with Crippen molar-refractivity contribution in [3.05, 3.63) is 152 Å². The van der Waals surface area contributed by atoms with E-state index in [9.17, 15) is 18.3 Å². The van der Waals surface area contributed by atoms with Crippen molar-refractivity contribution in [3.8, 4) is 0 Å². The van der Waals surface area contributed by atoms with E-state index in [4.69, 9.17) is 0 Å². The first-order valence-electron chi connectivity index (χ1n) is 11.8. The van der Waals surface area contributed by atoms with Crippen LogP contribution in [-0.2, 0) is 14.3 Å². The number of carboxylic acid groups (broad SMARTS) is 1. The summed E-state index contributed by atoms with van der Waals surface area (Å²) in [5.74, 6) is 0. The molecule has 0 aliphatic rings. The SMILES string of the molecule is O=C([O-])OS(=O)(=O)c1ccccc1.c1ccc([P+](c2ccccc2)(c2ccccc2)c2ccccc2)cc1. The van der Waals surface area contributed by atoms with Crippen molar-refractivity contribution in [3.63, 3.8) is 0 Å². The molecule has 0 saturated carbocycles. The van der Waals surface area contributed by atoms with Crippen molar-refractivity contribution in [2.45, 2.75) is 4.90 Å².